The van der Waals surface area contributed by atoms with Crippen LogP contribution < -0.4 is 4.74 Å². The van der Waals surface area contributed by atoms with Crippen molar-refractivity contribution < 1.29 is 23.8 Å². The van der Waals surface area contributed by atoms with Crippen molar-refractivity contribution in [1.29, 1.82) is 0 Å². The average Bonchev–Trinajstić information content (AvgIpc) is 2.73. The number of hydrogen-bond acceptors (Lipinski definition) is 5. The molecule has 0 fully saturated rings. The van der Waals surface area contributed by atoms with Gasteiger partial charge in [-0.05, 0) is 13.0 Å². The van der Waals surface area contributed by atoms with Crippen LogP contribution in [0.2, 0.25) is 0 Å². The molecule has 5 nitrogen and oxygen atoms in total. The van der Waals surface area contributed by atoms with Crippen LogP contribution >= 0.6 is 0 Å². The van der Waals surface area contributed by atoms with Gasteiger partial charge in [-0.2, -0.15) is 0 Å². The fourth-order valence-corrected chi connectivity index (χ4v) is 2.25. The highest BCUT2D eigenvalue weighted by molar-refractivity contribution is 6.03. The molecule has 0 radical (unpaired) electrons. The highest BCUT2D eigenvalue weighted by atomic mass is 16.6. The zero-order chi connectivity index (χ0) is 14.7. The third kappa shape index (κ3) is 2.52. The zero-order valence-corrected chi connectivity index (χ0v) is 11.6. The predicted octanol–water partition coefficient (Wildman–Crippen LogP) is 1.96. The Kier molecular flexibility index (Phi) is 4.08. The SMILES string of the molecule is COC(=O)CC1OC(=O)C(C)=C1c1ccccc1OC. The van der Waals surface area contributed by atoms with E-state index in [0.29, 0.717) is 16.9 Å². The number of rotatable bonds is 4. The number of ether oxygens (including phenoxy) is 3. The lowest BCUT2D eigenvalue weighted by Crippen LogP contribution is -2.17. The minimum atomic E-state index is -0.633. The van der Waals surface area contributed by atoms with Crippen molar-refractivity contribution in [3.8, 4) is 5.75 Å². The number of hydrogen-bond donors (Lipinski definition) is 0. The lowest BCUT2D eigenvalue weighted by Gasteiger charge is -2.15. The first kappa shape index (κ1) is 14.1. The molecule has 1 aliphatic heterocycles. The van der Waals surface area contributed by atoms with Gasteiger partial charge in [0, 0.05) is 16.7 Å². The Morgan fingerprint density at radius 1 is 1.30 bits per heavy atom. The number of para-hydroxylation sites is 1. The Morgan fingerprint density at radius 2 is 2.00 bits per heavy atom. The van der Waals surface area contributed by atoms with Crippen molar-refractivity contribution in [1.82, 2.24) is 0 Å². The van der Waals surface area contributed by atoms with Gasteiger partial charge in [-0.25, -0.2) is 4.79 Å². The van der Waals surface area contributed by atoms with Crippen molar-refractivity contribution in [3.63, 3.8) is 0 Å². The van der Waals surface area contributed by atoms with Gasteiger partial charge in [0.1, 0.15) is 11.9 Å². The van der Waals surface area contributed by atoms with E-state index in [1.165, 1.54) is 7.11 Å². The minimum absolute atomic E-state index is 0.00698. The van der Waals surface area contributed by atoms with Crippen LogP contribution in [0, 0.1) is 0 Å². The summed E-state index contributed by atoms with van der Waals surface area (Å²) < 4.78 is 15.2. The van der Waals surface area contributed by atoms with Gasteiger partial charge in [0.05, 0.1) is 20.6 Å². The van der Waals surface area contributed by atoms with Gasteiger partial charge in [0.15, 0.2) is 0 Å². The zero-order valence-electron chi connectivity index (χ0n) is 11.6. The van der Waals surface area contributed by atoms with Crippen LogP contribution in [0.1, 0.15) is 18.9 Å². The van der Waals surface area contributed by atoms with Gasteiger partial charge >= 0.3 is 11.9 Å². The van der Waals surface area contributed by atoms with Crippen LogP contribution in [0.5, 0.6) is 5.75 Å². The maximum Gasteiger partial charge on any atom is 0.334 e. The second-order valence-corrected chi connectivity index (χ2v) is 4.41. The first-order valence-corrected chi connectivity index (χ1v) is 6.20. The van der Waals surface area contributed by atoms with Crippen LogP contribution in [0.15, 0.2) is 29.8 Å². The normalized spacial score (nSPS) is 17.9. The molecule has 0 bridgehead atoms. The minimum Gasteiger partial charge on any atom is -0.496 e. The Morgan fingerprint density at radius 3 is 2.65 bits per heavy atom. The highest BCUT2D eigenvalue weighted by Gasteiger charge is 2.35. The first-order valence-electron chi connectivity index (χ1n) is 6.20. The fraction of sp³-hybridized carbons (Fsp3) is 0.333. The summed E-state index contributed by atoms with van der Waals surface area (Å²) in [5.41, 5.74) is 1.92. The smallest absolute Gasteiger partial charge is 0.334 e. The molecule has 0 N–H and O–H groups in total. The number of cyclic esters (lactones) is 1. The van der Waals surface area contributed by atoms with Crippen molar-refractivity contribution in [3.05, 3.63) is 35.4 Å². The fourth-order valence-electron chi connectivity index (χ4n) is 2.25. The number of esters is 2. The topological polar surface area (TPSA) is 61.8 Å². The van der Waals surface area contributed by atoms with Gasteiger partial charge in [-0.15, -0.1) is 0 Å². The van der Waals surface area contributed by atoms with Crippen LogP contribution in [-0.2, 0) is 19.1 Å². The molecule has 5 heteroatoms. The lowest BCUT2D eigenvalue weighted by molar-refractivity contribution is -0.146. The Bertz CT molecular complexity index is 573. The van der Waals surface area contributed by atoms with E-state index in [1.54, 1.807) is 20.1 Å². The predicted molar refractivity (Wildman–Crippen MR) is 72.1 cm³/mol. The van der Waals surface area contributed by atoms with Gasteiger partial charge in [0.2, 0.25) is 0 Å². The molecule has 1 heterocycles. The molecular formula is C15H16O5. The molecule has 1 aliphatic rings. The molecule has 1 unspecified atom stereocenters. The summed E-state index contributed by atoms with van der Waals surface area (Å²) in [4.78, 5) is 23.2. The largest absolute Gasteiger partial charge is 0.496 e. The van der Waals surface area contributed by atoms with E-state index in [2.05, 4.69) is 4.74 Å². The van der Waals surface area contributed by atoms with Crippen molar-refractivity contribution in [2.45, 2.75) is 19.4 Å². The molecule has 0 saturated carbocycles. The maximum absolute atomic E-state index is 11.8. The third-order valence-corrected chi connectivity index (χ3v) is 3.26. The lowest BCUT2D eigenvalue weighted by atomic mass is 9.95. The van der Waals surface area contributed by atoms with Gasteiger partial charge < -0.3 is 14.2 Å². The summed E-state index contributed by atoms with van der Waals surface area (Å²) in [7, 11) is 2.86. The van der Waals surface area contributed by atoms with Crippen LogP contribution in [0.25, 0.3) is 5.57 Å². The van der Waals surface area contributed by atoms with Crippen LogP contribution in [-0.4, -0.2) is 32.3 Å². The first-order chi connectivity index (χ1) is 9.58. The standard InChI is InChI=1S/C15H16O5/c1-9-14(10-6-4-5-7-11(10)18-2)12(20-15(9)17)8-13(16)19-3/h4-7,12H,8H2,1-3H3. The van der Waals surface area contributed by atoms with E-state index in [1.807, 2.05) is 18.2 Å². The van der Waals surface area contributed by atoms with E-state index in [-0.39, 0.29) is 6.42 Å². The van der Waals surface area contributed by atoms with Crippen molar-refractivity contribution >= 4 is 17.5 Å². The number of carbonyl (C=O) groups excluding carboxylic acids is 2. The van der Waals surface area contributed by atoms with Gasteiger partial charge in [-0.3, -0.25) is 4.79 Å². The van der Waals surface area contributed by atoms with E-state index in [0.717, 1.165) is 5.56 Å². The summed E-state index contributed by atoms with van der Waals surface area (Å²) in [6.07, 6.45) is -0.640. The summed E-state index contributed by atoms with van der Waals surface area (Å²) in [6.45, 7) is 1.68. The quantitative estimate of drug-likeness (QED) is 0.787. The number of benzene rings is 1. The Balaban J connectivity index is 2.44. The molecule has 0 aliphatic carbocycles. The van der Waals surface area contributed by atoms with Crippen molar-refractivity contribution in [2.24, 2.45) is 0 Å². The summed E-state index contributed by atoms with van der Waals surface area (Å²) in [5, 5.41) is 0. The number of carbonyl (C=O) groups is 2. The van der Waals surface area contributed by atoms with E-state index in [9.17, 15) is 9.59 Å². The third-order valence-electron chi connectivity index (χ3n) is 3.26. The second kappa shape index (κ2) is 5.77. The average molecular weight is 276 g/mol. The molecule has 0 saturated heterocycles. The number of methoxy groups -OCH3 is 2. The molecule has 1 atom stereocenters. The molecule has 2 rings (SSSR count). The van der Waals surface area contributed by atoms with E-state index < -0.39 is 18.0 Å². The summed E-state index contributed by atoms with van der Waals surface area (Å²) in [6, 6.07) is 7.32. The maximum atomic E-state index is 11.8. The molecule has 20 heavy (non-hydrogen) atoms. The Hall–Kier alpha value is -2.30. The molecule has 1 aromatic rings. The van der Waals surface area contributed by atoms with Gasteiger partial charge in [0.25, 0.3) is 0 Å². The van der Waals surface area contributed by atoms with E-state index >= 15 is 0 Å². The molecule has 0 spiro atoms. The van der Waals surface area contributed by atoms with Crippen molar-refractivity contribution in [2.75, 3.05) is 14.2 Å². The van der Waals surface area contributed by atoms with E-state index in [4.69, 9.17) is 9.47 Å². The van der Waals surface area contributed by atoms with Crippen LogP contribution in [0.4, 0.5) is 0 Å². The molecule has 0 amide bonds. The van der Waals surface area contributed by atoms with Gasteiger partial charge in [-0.1, -0.05) is 18.2 Å². The van der Waals surface area contributed by atoms with Crippen LogP contribution in [0.3, 0.4) is 0 Å². The summed E-state index contributed by atoms with van der Waals surface area (Å²) >= 11 is 0. The monoisotopic (exact) mass is 276 g/mol. The molecule has 0 aromatic heterocycles. The highest BCUT2D eigenvalue weighted by Crippen LogP contribution is 2.37. The molecule has 1 aromatic carbocycles. The summed E-state index contributed by atoms with van der Waals surface area (Å²) in [5.74, 6) is -0.209. The second-order valence-electron chi connectivity index (χ2n) is 4.41. The Labute approximate surface area is 117 Å². The molecule has 106 valence electrons. The molecular weight excluding hydrogens is 260 g/mol.